The number of rotatable bonds is 2. The van der Waals surface area contributed by atoms with Crippen molar-refractivity contribution in [2.24, 2.45) is 10.2 Å². The Hall–Kier alpha value is -2.79. The lowest BCUT2D eigenvalue weighted by atomic mass is 9.69. The largest absolute Gasteiger partial charge is 0.482 e. The molecule has 3 aromatic rings. The summed E-state index contributed by atoms with van der Waals surface area (Å²) < 4.78 is 7.41. The second-order valence-corrected chi connectivity index (χ2v) is 8.00. The summed E-state index contributed by atoms with van der Waals surface area (Å²) in [6, 6.07) is 25.3. The van der Waals surface area contributed by atoms with Gasteiger partial charge in [0.2, 0.25) is 5.78 Å². The van der Waals surface area contributed by atoms with Gasteiger partial charge >= 0.3 is 0 Å². The van der Waals surface area contributed by atoms with Crippen molar-refractivity contribution < 1.29 is 9.53 Å². The molecule has 5 heteroatoms. The maximum absolute atomic E-state index is 13.8. The molecule has 0 amide bonds. The van der Waals surface area contributed by atoms with E-state index >= 15 is 0 Å². The SMILES string of the molecule is O=C1c2ccccc2O[C@H](c2ccccc2)[C@@]12N=NC[C@H]2c1ccc(Br)cc1. The van der Waals surface area contributed by atoms with Crippen molar-refractivity contribution in [3.05, 3.63) is 100 Å². The van der Waals surface area contributed by atoms with Crippen LogP contribution in [-0.4, -0.2) is 17.9 Å². The van der Waals surface area contributed by atoms with Crippen molar-refractivity contribution in [3.63, 3.8) is 0 Å². The zero-order valence-corrected chi connectivity index (χ0v) is 16.5. The molecule has 2 aliphatic rings. The molecular weight excluding hydrogens is 416 g/mol. The normalized spacial score (nSPS) is 25.5. The minimum atomic E-state index is -1.11. The molecule has 1 spiro atoms. The molecule has 0 bridgehead atoms. The van der Waals surface area contributed by atoms with E-state index in [1.807, 2.05) is 78.9 Å². The van der Waals surface area contributed by atoms with Crippen LogP contribution >= 0.6 is 15.9 Å². The topological polar surface area (TPSA) is 51.0 Å². The molecule has 0 saturated heterocycles. The quantitative estimate of drug-likeness (QED) is 0.517. The second-order valence-electron chi connectivity index (χ2n) is 7.09. The van der Waals surface area contributed by atoms with E-state index in [-0.39, 0.29) is 11.7 Å². The number of azo groups is 1. The fourth-order valence-corrected chi connectivity index (χ4v) is 4.46. The van der Waals surface area contributed by atoms with Gasteiger partial charge in [-0.1, -0.05) is 70.5 Å². The molecule has 0 saturated carbocycles. The molecule has 0 unspecified atom stereocenters. The number of fused-ring (bicyclic) bond motifs is 1. The Morgan fingerprint density at radius 1 is 0.893 bits per heavy atom. The summed E-state index contributed by atoms with van der Waals surface area (Å²) in [7, 11) is 0. The Bertz CT molecular complexity index is 1070. The standard InChI is InChI=1S/C23H17BrN2O2/c24-17-12-10-15(11-13-17)19-14-25-26-23(19)21(27)18-8-4-5-9-20(18)28-22(23)16-6-2-1-3-7-16/h1-13,19,22H,14H2/t19-,22+,23-/m0/s1. The lowest BCUT2D eigenvalue weighted by Crippen LogP contribution is -2.51. The van der Waals surface area contributed by atoms with Gasteiger partial charge < -0.3 is 4.74 Å². The third kappa shape index (κ3) is 2.53. The number of carbonyl (C=O) groups is 1. The number of benzene rings is 3. The van der Waals surface area contributed by atoms with Crippen molar-refractivity contribution in [3.8, 4) is 5.75 Å². The number of ketones is 1. The molecule has 0 aliphatic carbocycles. The highest BCUT2D eigenvalue weighted by Crippen LogP contribution is 2.52. The number of carbonyl (C=O) groups excluding carboxylic acids is 1. The molecule has 0 fully saturated rings. The van der Waals surface area contributed by atoms with Gasteiger partial charge in [0.25, 0.3) is 0 Å². The van der Waals surface area contributed by atoms with Gasteiger partial charge in [0.05, 0.1) is 12.1 Å². The van der Waals surface area contributed by atoms with E-state index in [1.165, 1.54) is 0 Å². The molecule has 28 heavy (non-hydrogen) atoms. The van der Waals surface area contributed by atoms with E-state index in [0.717, 1.165) is 15.6 Å². The van der Waals surface area contributed by atoms with E-state index < -0.39 is 11.6 Å². The summed E-state index contributed by atoms with van der Waals surface area (Å²) in [6.07, 6.45) is -0.531. The van der Waals surface area contributed by atoms with Crippen LogP contribution < -0.4 is 4.74 Å². The summed E-state index contributed by atoms with van der Waals surface area (Å²) in [5.74, 6) is 0.382. The third-order valence-electron chi connectivity index (χ3n) is 5.55. The Kier molecular flexibility index (Phi) is 4.13. The molecular formula is C23H17BrN2O2. The summed E-state index contributed by atoms with van der Waals surface area (Å²) in [6.45, 7) is 0.461. The summed E-state index contributed by atoms with van der Waals surface area (Å²) >= 11 is 3.48. The van der Waals surface area contributed by atoms with Crippen LogP contribution in [0.5, 0.6) is 5.75 Å². The Labute approximate surface area is 171 Å². The van der Waals surface area contributed by atoms with Gasteiger partial charge in [-0.2, -0.15) is 10.2 Å². The number of ether oxygens (including phenoxy) is 1. The first-order valence-corrected chi connectivity index (χ1v) is 9.99. The minimum Gasteiger partial charge on any atom is -0.482 e. The molecule has 3 atom stereocenters. The van der Waals surface area contributed by atoms with Crippen molar-refractivity contribution in [2.45, 2.75) is 17.6 Å². The smallest absolute Gasteiger partial charge is 0.200 e. The molecule has 0 aromatic heterocycles. The summed E-state index contributed by atoms with van der Waals surface area (Å²) in [5.41, 5.74) is 1.42. The highest BCUT2D eigenvalue weighted by atomic mass is 79.9. The van der Waals surface area contributed by atoms with Crippen LogP contribution in [0.4, 0.5) is 0 Å². The van der Waals surface area contributed by atoms with Gasteiger partial charge in [0.1, 0.15) is 5.75 Å². The first-order chi connectivity index (χ1) is 13.7. The molecule has 3 aromatic carbocycles. The first-order valence-electron chi connectivity index (χ1n) is 9.20. The van der Waals surface area contributed by atoms with E-state index in [9.17, 15) is 4.79 Å². The summed E-state index contributed by atoms with van der Waals surface area (Å²) in [4.78, 5) is 13.8. The van der Waals surface area contributed by atoms with Crippen LogP contribution in [0.15, 0.2) is 93.6 Å². The van der Waals surface area contributed by atoms with Gasteiger partial charge in [0, 0.05) is 10.4 Å². The fourth-order valence-electron chi connectivity index (χ4n) is 4.20. The van der Waals surface area contributed by atoms with E-state index in [1.54, 1.807) is 0 Å². The van der Waals surface area contributed by atoms with Crippen LogP contribution in [0.2, 0.25) is 0 Å². The van der Waals surface area contributed by atoms with Gasteiger partial charge in [-0.15, -0.1) is 0 Å². The zero-order chi connectivity index (χ0) is 19.1. The maximum Gasteiger partial charge on any atom is 0.200 e. The predicted molar refractivity (Wildman–Crippen MR) is 110 cm³/mol. The Balaban J connectivity index is 1.72. The molecule has 0 radical (unpaired) electrons. The molecule has 138 valence electrons. The number of Topliss-reactive ketones (excluding diaryl/α,β-unsaturated/α-hetero) is 1. The highest BCUT2D eigenvalue weighted by Gasteiger charge is 2.60. The van der Waals surface area contributed by atoms with Gasteiger partial charge in [0.15, 0.2) is 11.6 Å². The minimum absolute atomic E-state index is 0.0302. The Morgan fingerprint density at radius 2 is 1.61 bits per heavy atom. The second kappa shape index (κ2) is 6.67. The number of hydrogen-bond donors (Lipinski definition) is 0. The lowest BCUT2D eigenvalue weighted by Gasteiger charge is -2.41. The van der Waals surface area contributed by atoms with Crippen LogP contribution in [-0.2, 0) is 0 Å². The van der Waals surface area contributed by atoms with Crippen LogP contribution in [0.25, 0.3) is 0 Å². The molecule has 2 heterocycles. The summed E-state index contributed by atoms with van der Waals surface area (Å²) in [5, 5.41) is 8.94. The molecule has 5 rings (SSSR count). The number of hydrogen-bond acceptors (Lipinski definition) is 4. The number of para-hydroxylation sites is 1. The van der Waals surface area contributed by atoms with Crippen molar-refractivity contribution >= 4 is 21.7 Å². The monoisotopic (exact) mass is 432 g/mol. The number of nitrogens with zero attached hydrogens (tertiary/aromatic N) is 2. The van der Waals surface area contributed by atoms with Crippen LogP contribution in [0.1, 0.15) is 33.5 Å². The first kappa shape index (κ1) is 17.3. The van der Waals surface area contributed by atoms with Gasteiger partial charge in [-0.05, 0) is 35.4 Å². The third-order valence-corrected chi connectivity index (χ3v) is 6.07. The molecule has 4 nitrogen and oxygen atoms in total. The van der Waals surface area contributed by atoms with Crippen molar-refractivity contribution in [2.75, 3.05) is 6.54 Å². The van der Waals surface area contributed by atoms with Gasteiger partial charge in [-0.3, -0.25) is 4.79 Å². The predicted octanol–water partition coefficient (Wildman–Crippen LogP) is 5.75. The Morgan fingerprint density at radius 3 is 2.39 bits per heavy atom. The lowest BCUT2D eigenvalue weighted by molar-refractivity contribution is 0.0521. The average molecular weight is 433 g/mol. The van der Waals surface area contributed by atoms with Crippen LogP contribution in [0, 0.1) is 0 Å². The average Bonchev–Trinajstić information content (AvgIpc) is 3.17. The maximum atomic E-state index is 13.8. The van der Waals surface area contributed by atoms with E-state index in [4.69, 9.17) is 4.74 Å². The molecule has 0 N–H and O–H groups in total. The van der Waals surface area contributed by atoms with E-state index in [2.05, 4.69) is 26.2 Å². The highest BCUT2D eigenvalue weighted by molar-refractivity contribution is 9.10. The van der Waals surface area contributed by atoms with Crippen LogP contribution in [0.3, 0.4) is 0 Å². The number of halogens is 1. The zero-order valence-electron chi connectivity index (χ0n) is 15.0. The van der Waals surface area contributed by atoms with Crippen molar-refractivity contribution in [1.29, 1.82) is 0 Å². The van der Waals surface area contributed by atoms with Crippen molar-refractivity contribution in [1.82, 2.24) is 0 Å². The fraction of sp³-hybridized carbons (Fsp3) is 0.174. The van der Waals surface area contributed by atoms with Gasteiger partial charge in [-0.25, -0.2) is 0 Å². The molecule has 2 aliphatic heterocycles. The van der Waals surface area contributed by atoms with E-state index in [0.29, 0.717) is 17.9 Å².